The first kappa shape index (κ1) is 13.5. The second-order valence-corrected chi connectivity index (χ2v) is 6.39. The van der Waals surface area contributed by atoms with E-state index in [4.69, 9.17) is 0 Å². The highest BCUT2D eigenvalue weighted by Crippen LogP contribution is 2.52. The summed E-state index contributed by atoms with van der Waals surface area (Å²) in [5.74, 6) is 0. The van der Waals surface area contributed by atoms with E-state index in [2.05, 4.69) is 40.6 Å². The van der Waals surface area contributed by atoms with E-state index in [1.165, 1.54) is 23.2 Å². The number of fused-ring (bicyclic) bond motifs is 1. The normalized spacial score (nSPS) is 22.2. The third-order valence-electron chi connectivity index (χ3n) is 5.30. The summed E-state index contributed by atoms with van der Waals surface area (Å²) in [7, 11) is 0. The van der Waals surface area contributed by atoms with Crippen molar-refractivity contribution in [3.63, 3.8) is 0 Å². The average Bonchev–Trinajstić information content (AvgIpc) is 2.55. The van der Waals surface area contributed by atoms with Gasteiger partial charge >= 0.3 is 0 Å². The molecule has 1 fully saturated rings. The lowest BCUT2D eigenvalue weighted by molar-refractivity contribution is 0.159. The quantitative estimate of drug-likeness (QED) is 0.923. The minimum absolute atomic E-state index is 0.0878. The Bertz CT molecular complexity index is 726. The van der Waals surface area contributed by atoms with Crippen molar-refractivity contribution in [2.45, 2.75) is 37.1 Å². The van der Waals surface area contributed by atoms with Crippen LogP contribution in [-0.2, 0) is 11.8 Å². The zero-order chi connectivity index (χ0) is 15.0. The van der Waals surface area contributed by atoms with Gasteiger partial charge < -0.3 is 5.32 Å². The van der Waals surface area contributed by atoms with Gasteiger partial charge in [0, 0.05) is 23.3 Å². The van der Waals surface area contributed by atoms with Crippen LogP contribution < -0.4 is 5.32 Å². The predicted octanol–water partition coefficient (Wildman–Crippen LogP) is 3.26. The van der Waals surface area contributed by atoms with E-state index in [-0.39, 0.29) is 11.5 Å². The largest absolute Gasteiger partial charge is 0.309 e. The Hall–Kier alpha value is -2.18. The molecule has 1 saturated carbocycles. The smallest absolute Gasteiger partial charge is 0.0991 e. The van der Waals surface area contributed by atoms with Crippen molar-refractivity contribution < 1.29 is 0 Å². The molecule has 2 heterocycles. The second kappa shape index (κ2) is 5.23. The monoisotopic (exact) mass is 289 g/mol. The highest BCUT2D eigenvalue weighted by Gasteiger charge is 2.48. The van der Waals surface area contributed by atoms with Crippen LogP contribution in [-0.4, -0.2) is 11.5 Å². The van der Waals surface area contributed by atoms with Crippen LogP contribution in [0.1, 0.15) is 47.7 Å². The van der Waals surface area contributed by atoms with Gasteiger partial charge in [-0.2, -0.15) is 5.26 Å². The van der Waals surface area contributed by atoms with E-state index in [1.54, 1.807) is 0 Å². The van der Waals surface area contributed by atoms with Crippen molar-refractivity contribution in [2.75, 3.05) is 6.54 Å². The van der Waals surface area contributed by atoms with Crippen molar-refractivity contribution in [3.05, 3.63) is 65.0 Å². The molecule has 22 heavy (non-hydrogen) atoms. The molecule has 4 rings (SSSR count). The maximum Gasteiger partial charge on any atom is 0.0991 e. The Morgan fingerprint density at radius 3 is 2.82 bits per heavy atom. The minimum Gasteiger partial charge on any atom is -0.309 e. The number of benzene rings is 1. The molecule has 1 aromatic carbocycles. The third-order valence-corrected chi connectivity index (χ3v) is 5.30. The fraction of sp³-hybridized carbons (Fsp3) is 0.368. The molecule has 1 atom stereocenters. The van der Waals surface area contributed by atoms with Crippen LogP contribution in [0.25, 0.3) is 0 Å². The summed E-state index contributed by atoms with van der Waals surface area (Å²) in [6.07, 6.45) is 6.51. The lowest BCUT2D eigenvalue weighted by Gasteiger charge is -2.49. The molecule has 1 aliphatic heterocycles. The number of nitrogens with one attached hydrogen (secondary N) is 1. The number of rotatable bonds is 2. The first-order valence-corrected chi connectivity index (χ1v) is 8.01. The summed E-state index contributed by atoms with van der Waals surface area (Å²) in [4.78, 5) is 4.66. The standard InChI is InChI=1S/C19H19N3/c20-13-14-5-6-15-7-11-22-18(16(15)12-14)19(8-3-9-19)17-4-1-2-10-21-17/h1-2,4-6,10,12,18,22H,3,7-9,11H2. The van der Waals surface area contributed by atoms with Crippen LogP contribution in [0.4, 0.5) is 0 Å². The average molecular weight is 289 g/mol. The predicted molar refractivity (Wildman–Crippen MR) is 85.4 cm³/mol. The molecule has 0 radical (unpaired) electrons. The SMILES string of the molecule is N#Cc1ccc2c(c1)C(C1(c3ccccn3)CCC1)NCC2. The number of nitrogens with zero attached hydrogens (tertiary/aromatic N) is 2. The van der Waals surface area contributed by atoms with Gasteiger partial charge in [-0.25, -0.2) is 0 Å². The fourth-order valence-electron chi connectivity index (χ4n) is 4.02. The Balaban J connectivity index is 1.82. The van der Waals surface area contributed by atoms with E-state index in [0.29, 0.717) is 0 Å². The molecule has 0 spiro atoms. The van der Waals surface area contributed by atoms with Crippen LogP contribution in [0, 0.1) is 11.3 Å². The van der Waals surface area contributed by atoms with Gasteiger partial charge in [-0.3, -0.25) is 4.98 Å². The molecular formula is C19H19N3. The molecule has 1 aliphatic carbocycles. The Kier molecular flexibility index (Phi) is 3.20. The van der Waals surface area contributed by atoms with E-state index in [0.717, 1.165) is 31.4 Å². The minimum atomic E-state index is 0.0878. The zero-order valence-electron chi connectivity index (χ0n) is 12.5. The highest BCUT2D eigenvalue weighted by atomic mass is 15.0. The first-order valence-electron chi connectivity index (χ1n) is 8.01. The summed E-state index contributed by atoms with van der Waals surface area (Å²) < 4.78 is 0. The maximum atomic E-state index is 9.23. The summed E-state index contributed by atoms with van der Waals surface area (Å²) in [5.41, 5.74) is 4.71. The van der Waals surface area contributed by atoms with Crippen LogP contribution in [0.5, 0.6) is 0 Å². The Labute approximate surface area is 131 Å². The summed E-state index contributed by atoms with van der Waals surface area (Å²) >= 11 is 0. The summed E-state index contributed by atoms with van der Waals surface area (Å²) in [6.45, 7) is 0.998. The van der Waals surface area contributed by atoms with E-state index in [9.17, 15) is 5.26 Å². The number of nitriles is 1. The van der Waals surface area contributed by atoms with Gasteiger partial charge in [-0.1, -0.05) is 18.6 Å². The molecular weight excluding hydrogens is 270 g/mol. The van der Waals surface area contributed by atoms with Gasteiger partial charge in [-0.15, -0.1) is 0 Å². The Morgan fingerprint density at radius 1 is 1.23 bits per heavy atom. The molecule has 1 unspecified atom stereocenters. The van der Waals surface area contributed by atoms with Crippen molar-refractivity contribution in [3.8, 4) is 6.07 Å². The van der Waals surface area contributed by atoms with E-state index in [1.807, 2.05) is 18.3 Å². The zero-order valence-corrected chi connectivity index (χ0v) is 12.5. The van der Waals surface area contributed by atoms with Crippen LogP contribution in [0.15, 0.2) is 42.6 Å². The van der Waals surface area contributed by atoms with Gasteiger partial charge in [0.1, 0.15) is 0 Å². The highest BCUT2D eigenvalue weighted by molar-refractivity contribution is 5.44. The van der Waals surface area contributed by atoms with Crippen molar-refractivity contribution >= 4 is 0 Å². The molecule has 2 aromatic rings. The van der Waals surface area contributed by atoms with Gasteiger partial charge in [-0.05, 0) is 61.2 Å². The number of pyridine rings is 1. The molecule has 1 aromatic heterocycles. The van der Waals surface area contributed by atoms with Crippen molar-refractivity contribution in [1.82, 2.24) is 10.3 Å². The second-order valence-electron chi connectivity index (χ2n) is 6.39. The van der Waals surface area contributed by atoms with Gasteiger partial charge in [0.05, 0.1) is 11.6 Å². The van der Waals surface area contributed by atoms with Crippen LogP contribution in [0.3, 0.4) is 0 Å². The summed E-state index contributed by atoms with van der Waals surface area (Å²) in [5, 5.41) is 13.0. The number of hydrogen-bond donors (Lipinski definition) is 1. The molecule has 0 amide bonds. The maximum absolute atomic E-state index is 9.23. The summed E-state index contributed by atoms with van der Waals surface area (Å²) in [6, 6.07) is 14.9. The lowest BCUT2D eigenvalue weighted by Crippen LogP contribution is -2.49. The Morgan fingerprint density at radius 2 is 2.14 bits per heavy atom. The van der Waals surface area contributed by atoms with Crippen molar-refractivity contribution in [2.24, 2.45) is 0 Å². The van der Waals surface area contributed by atoms with Crippen LogP contribution >= 0.6 is 0 Å². The molecule has 3 nitrogen and oxygen atoms in total. The number of aromatic nitrogens is 1. The molecule has 110 valence electrons. The molecule has 3 heteroatoms. The topological polar surface area (TPSA) is 48.7 Å². The van der Waals surface area contributed by atoms with Crippen LogP contribution in [0.2, 0.25) is 0 Å². The third kappa shape index (κ3) is 1.95. The molecule has 0 bridgehead atoms. The fourth-order valence-corrected chi connectivity index (χ4v) is 4.02. The van der Waals surface area contributed by atoms with E-state index >= 15 is 0 Å². The van der Waals surface area contributed by atoms with Gasteiger partial charge in [0.2, 0.25) is 0 Å². The molecule has 1 N–H and O–H groups in total. The van der Waals surface area contributed by atoms with E-state index < -0.39 is 0 Å². The molecule has 0 saturated heterocycles. The van der Waals surface area contributed by atoms with Gasteiger partial charge in [0.15, 0.2) is 0 Å². The number of hydrogen-bond acceptors (Lipinski definition) is 3. The molecule has 2 aliphatic rings. The lowest BCUT2D eigenvalue weighted by atomic mass is 9.59. The van der Waals surface area contributed by atoms with Gasteiger partial charge in [0.25, 0.3) is 0 Å². The first-order chi connectivity index (χ1) is 10.8. The van der Waals surface area contributed by atoms with Crippen molar-refractivity contribution in [1.29, 1.82) is 5.26 Å².